The van der Waals surface area contributed by atoms with Crippen LogP contribution in [0.4, 0.5) is 0 Å². The van der Waals surface area contributed by atoms with Crippen LogP contribution < -0.4 is 0 Å². The largest absolute Gasteiger partial charge is 0.415 e. The molecule has 0 unspecified atom stereocenters. The fourth-order valence-electron chi connectivity index (χ4n) is 1.77. The van der Waals surface area contributed by atoms with Gasteiger partial charge in [0, 0.05) is 12.7 Å². The monoisotopic (exact) mass is 311 g/mol. The topological polar surface area (TPSA) is 39.9 Å². The van der Waals surface area contributed by atoms with Gasteiger partial charge in [0.25, 0.3) is 0 Å². The number of aromatic nitrogens is 3. The van der Waals surface area contributed by atoms with Crippen LogP contribution >= 0.6 is 11.6 Å². The Hall–Kier alpha value is -0.913. The molecule has 2 aromatic rings. The first-order valence-corrected chi connectivity index (χ1v) is 10.1. The van der Waals surface area contributed by atoms with E-state index in [1.165, 1.54) is 6.33 Å². The summed E-state index contributed by atoms with van der Waals surface area (Å²) in [4.78, 5) is 8.28. The average Bonchev–Trinajstić information content (AvgIpc) is 2.72. The molecular weight excluding hydrogens is 290 g/mol. The van der Waals surface area contributed by atoms with Gasteiger partial charge < -0.3 is 8.99 Å². The molecular formula is C14H22ClN3OSi. The molecule has 0 aliphatic heterocycles. The van der Waals surface area contributed by atoms with Crippen LogP contribution in [0.3, 0.4) is 0 Å². The molecule has 0 aliphatic rings. The maximum absolute atomic E-state index is 6.19. The molecule has 2 rings (SSSR count). The molecule has 6 heteroatoms. The van der Waals surface area contributed by atoms with Gasteiger partial charge in [-0.15, -0.1) is 0 Å². The van der Waals surface area contributed by atoms with Crippen molar-refractivity contribution in [2.75, 3.05) is 6.61 Å². The Balaban J connectivity index is 2.06. The zero-order chi connectivity index (χ0) is 15.0. The van der Waals surface area contributed by atoms with E-state index in [-0.39, 0.29) is 5.04 Å². The maximum atomic E-state index is 6.19. The van der Waals surface area contributed by atoms with Crippen molar-refractivity contribution in [1.82, 2.24) is 14.5 Å². The van der Waals surface area contributed by atoms with Gasteiger partial charge in [-0.2, -0.15) is 0 Å². The van der Waals surface area contributed by atoms with Crippen LogP contribution in [0.1, 0.15) is 20.8 Å². The lowest BCUT2D eigenvalue weighted by Crippen LogP contribution is -2.41. The Kier molecular flexibility index (Phi) is 4.23. The quantitative estimate of drug-likeness (QED) is 0.630. The molecule has 110 valence electrons. The first kappa shape index (κ1) is 15.5. The lowest BCUT2D eigenvalue weighted by molar-refractivity contribution is 0.273. The lowest BCUT2D eigenvalue weighted by Gasteiger charge is -2.36. The van der Waals surface area contributed by atoms with E-state index in [1.54, 1.807) is 0 Å². The summed E-state index contributed by atoms with van der Waals surface area (Å²) < 4.78 is 8.25. The van der Waals surface area contributed by atoms with Crippen LogP contribution in [0.25, 0.3) is 11.0 Å². The van der Waals surface area contributed by atoms with Crippen LogP contribution in [0.5, 0.6) is 0 Å². The molecule has 0 aromatic carbocycles. The summed E-state index contributed by atoms with van der Waals surface area (Å²) in [5, 5.41) is 1.62. The SMILES string of the molecule is CC(C)(C)[Si](C)(C)OCCn1ccc2c(Cl)ncnc21. The summed E-state index contributed by atoms with van der Waals surface area (Å²) >= 11 is 6.05. The van der Waals surface area contributed by atoms with Crippen molar-refractivity contribution in [3.63, 3.8) is 0 Å². The van der Waals surface area contributed by atoms with E-state index >= 15 is 0 Å². The lowest BCUT2D eigenvalue weighted by atomic mass is 10.2. The molecule has 0 spiro atoms. The van der Waals surface area contributed by atoms with Crippen molar-refractivity contribution < 1.29 is 4.43 Å². The van der Waals surface area contributed by atoms with Gasteiger partial charge >= 0.3 is 0 Å². The van der Waals surface area contributed by atoms with E-state index in [2.05, 4.69) is 48.4 Å². The summed E-state index contributed by atoms with van der Waals surface area (Å²) in [5.41, 5.74) is 0.865. The Bertz CT molecular complexity index is 604. The van der Waals surface area contributed by atoms with Crippen LogP contribution in [0.2, 0.25) is 23.3 Å². The number of fused-ring (bicyclic) bond motifs is 1. The van der Waals surface area contributed by atoms with Crippen molar-refractivity contribution in [2.24, 2.45) is 0 Å². The Labute approximate surface area is 126 Å². The smallest absolute Gasteiger partial charge is 0.192 e. The molecule has 4 nitrogen and oxygen atoms in total. The predicted molar refractivity (Wildman–Crippen MR) is 85.7 cm³/mol. The number of halogens is 1. The van der Waals surface area contributed by atoms with Crippen molar-refractivity contribution in [2.45, 2.75) is 45.4 Å². The molecule has 0 saturated heterocycles. The van der Waals surface area contributed by atoms with Gasteiger partial charge in [-0.05, 0) is 24.2 Å². The first-order valence-electron chi connectivity index (χ1n) is 6.82. The third kappa shape index (κ3) is 3.05. The van der Waals surface area contributed by atoms with Crippen molar-refractivity contribution in [3.8, 4) is 0 Å². The van der Waals surface area contributed by atoms with Crippen LogP contribution in [-0.4, -0.2) is 29.5 Å². The molecule has 2 heterocycles. The second kappa shape index (κ2) is 5.46. The third-order valence-corrected chi connectivity index (χ3v) is 8.95. The highest BCUT2D eigenvalue weighted by molar-refractivity contribution is 6.74. The van der Waals surface area contributed by atoms with Gasteiger partial charge in [-0.25, -0.2) is 9.97 Å². The second-order valence-corrected chi connectivity index (χ2v) is 11.7. The molecule has 2 aromatic heterocycles. The van der Waals surface area contributed by atoms with E-state index in [4.69, 9.17) is 16.0 Å². The highest BCUT2D eigenvalue weighted by Gasteiger charge is 2.36. The minimum absolute atomic E-state index is 0.233. The number of hydrogen-bond donors (Lipinski definition) is 0. The molecule has 0 bridgehead atoms. The van der Waals surface area contributed by atoms with Crippen molar-refractivity contribution in [3.05, 3.63) is 23.7 Å². The van der Waals surface area contributed by atoms with Gasteiger partial charge in [0.1, 0.15) is 17.1 Å². The van der Waals surface area contributed by atoms with E-state index in [9.17, 15) is 0 Å². The zero-order valence-corrected chi connectivity index (χ0v) is 14.5. The van der Waals surface area contributed by atoms with E-state index in [0.717, 1.165) is 17.6 Å². The molecule has 0 aliphatic carbocycles. The normalized spacial score (nSPS) is 13.1. The molecule has 0 fully saturated rings. The maximum Gasteiger partial charge on any atom is 0.192 e. The number of hydrogen-bond acceptors (Lipinski definition) is 3. The highest BCUT2D eigenvalue weighted by atomic mass is 35.5. The van der Waals surface area contributed by atoms with Gasteiger partial charge in [-0.3, -0.25) is 0 Å². The summed E-state index contributed by atoms with van der Waals surface area (Å²) in [6.45, 7) is 12.7. The van der Waals surface area contributed by atoms with Gasteiger partial charge in [-0.1, -0.05) is 32.4 Å². The minimum Gasteiger partial charge on any atom is -0.415 e. The van der Waals surface area contributed by atoms with Crippen molar-refractivity contribution in [1.29, 1.82) is 0 Å². The Morgan fingerprint density at radius 1 is 1.30 bits per heavy atom. The fraction of sp³-hybridized carbons (Fsp3) is 0.571. The third-order valence-electron chi connectivity index (χ3n) is 4.11. The van der Waals surface area contributed by atoms with Gasteiger partial charge in [0.05, 0.1) is 12.0 Å². The standard InChI is InChI=1S/C14H22ClN3OSi/c1-14(2,3)20(4,5)19-9-8-18-7-6-11-12(15)16-10-17-13(11)18/h6-7,10H,8-9H2,1-5H3. The van der Waals surface area contributed by atoms with E-state index < -0.39 is 8.32 Å². The first-order chi connectivity index (χ1) is 9.22. The van der Waals surface area contributed by atoms with E-state index in [1.807, 2.05) is 12.3 Å². The Morgan fingerprint density at radius 3 is 2.65 bits per heavy atom. The molecule has 0 amide bonds. The molecule has 0 radical (unpaired) electrons. The second-order valence-electron chi connectivity index (χ2n) is 6.52. The van der Waals surface area contributed by atoms with Crippen LogP contribution in [-0.2, 0) is 11.0 Å². The zero-order valence-electron chi connectivity index (χ0n) is 12.8. The van der Waals surface area contributed by atoms with Gasteiger partial charge in [0.15, 0.2) is 8.32 Å². The van der Waals surface area contributed by atoms with Crippen LogP contribution in [0.15, 0.2) is 18.6 Å². The molecule has 0 N–H and O–H groups in total. The molecule has 0 saturated carbocycles. The van der Waals surface area contributed by atoms with E-state index in [0.29, 0.717) is 11.8 Å². The molecule has 0 atom stereocenters. The van der Waals surface area contributed by atoms with Gasteiger partial charge in [0.2, 0.25) is 0 Å². The van der Waals surface area contributed by atoms with Crippen molar-refractivity contribution >= 4 is 31.0 Å². The average molecular weight is 312 g/mol. The highest BCUT2D eigenvalue weighted by Crippen LogP contribution is 2.36. The minimum atomic E-state index is -1.69. The molecule has 20 heavy (non-hydrogen) atoms. The fourth-order valence-corrected chi connectivity index (χ4v) is 2.99. The Morgan fingerprint density at radius 2 is 2.00 bits per heavy atom. The summed E-state index contributed by atoms with van der Waals surface area (Å²) in [7, 11) is -1.69. The summed E-state index contributed by atoms with van der Waals surface area (Å²) in [6.07, 6.45) is 3.48. The number of nitrogens with zero attached hydrogens (tertiary/aromatic N) is 3. The predicted octanol–water partition coefficient (Wildman–Crippen LogP) is 4.11. The number of rotatable bonds is 4. The van der Waals surface area contributed by atoms with Crippen LogP contribution in [0, 0.1) is 0 Å². The summed E-state index contributed by atoms with van der Waals surface area (Å²) in [6, 6.07) is 1.95. The summed E-state index contributed by atoms with van der Waals surface area (Å²) in [5.74, 6) is 0.